The lowest BCUT2D eigenvalue weighted by Gasteiger charge is -2.44. The largest absolute Gasteiger partial charge is 0.398 e. The second kappa shape index (κ2) is 4.76. The normalized spacial score (nSPS) is 24.9. The van der Waals surface area contributed by atoms with E-state index in [1.807, 2.05) is 19.2 Å². The number of anilines is 2. The van der Waals surface area contributed by atoms with Gasteiger partial charge >= 0.3 is 0 Å². The number of nitrogens with two attached hydrogens (primary N) is 1. The second-order valence-electron chi connectivity index (χ2n) is 5.53. The van der Waals surface area contributed by atoms with E-state index in [1.54, 1.807) is 0 Å². The minimum atomic E-state index is 0.719. The summed E-state index contributed by atoms with van der Waals surface area (Å²) in [5.41, 5.74) is 7.90. The molecular weight excluding hydrogens is 224 g/mol. The van der Waals surface area contributed by atoms with E-state index < -0.39 is 0 Å². The lowest BCUT2D eigenvalue weighted by atomic mass is 9.99. The Balaban J connectivity index is 1.75. The molecule has 1 atom stereocenters. The van der Waals surface area contributed by atoms with Crippen LogP contribution >= 0.6 is 0 Å². The van der Waals surface area contributed by atoms with Crippen LogP contribution in [0.4, 0.5) is 11.5 Å². The van der Waals surface area contributed by atoms with E-state index >= 15 is 0 Å². The maximum atomic E-state index is 5.98. The Morgan fingerprint density at radius 1 is 1.28 bits per heavy atom. The molecule has 18 heavy (non-hydrogen) atoms. The number of hydrogen-bond donors (Lipinski definition) is 1. The number of pyridine rings is 1. The van der Waals surface area contributed by atoms with Gasteiger partial charge in [0, 0.05) is 43.6 Å². The van der Waals surface area contributed by atoms with Gasteiger partial charge in [-0.3, -0.25) is 4.90 Å². The summed E-state index contributed by atoms with van der Waals surface area (Å²) in [6.07, 6.45) is 5.96. The summed E-state index contributed by atoms with van der Waals surface area (Å²) in [6.45, 7) is 6.63. The van der Waals surface area contributed by atoms with Crippen molar-refractivity contribution in [2.45, 2.75) is 32.2 Å². The molecule has 3 rings (SSSR count). The maximum Gasteiger partial charge on any atom is 0.130 e. The number of piperidine rings is 1. The van der Waals surface area contributed by atoms with Crippen LogP contribution in [-0.2, 0) is 0 Å². The van der Waals surface area contributed by atoms with Crippen LogP contribution < -0.4 is 10.6 Å². The quantitative estimate of drug-likeness (QED) is 0.818. The molecule has 3 heterocycles. The number of nitrogen functional groups attached to an aromatic ring is 1. The van der Waals surface area contributed by atoms with Crippen molar-refractivity contribution in [3.8, 4) is 0 Å². The van der Waals surface area contributed by atoms with Crippen LogP contribution in [0, 0.1) is 6.92 Å². The van der Waals surface area contributed by atoms with Crippen LogP contribution in [0.3, 0.4) is 0 Å². The molecule has 2 aliphatic heterocycles. The van der Waals surface area contributed by atoms with E-state index in [0.717, 1.165) is 36.2 Å². The van der Waals surface area contributed by atoms with E-state index in [2.05, 4.69) is 14.8 Å². The van der Waals surface area contributed by atoms with Crippen molar-refractivity contribution in [2.24, 2.45) is 0 Å². The molecule has 4 nitrogen and oxygen atoms in total. The molecule has 1 unspecified atom stereocenters. The maximum absolute atomic E-state index is 5.98. The highest BCUT2D eigenvalue weighted by molar-refractivity contribution is 5.55. The first-order valence-electron chi connectivity index (χ1n) is 6.95. The Morgan fingerprint density at radius 2 is 2.17 bits per heavy atom. The third kappa shape index (κ3) is 2.17. The van der Waals surface area contributed by atoms with Crippen molar-refractivity contribution < 1.29 is 0 Å². The molecule has 98 valence electrons. The van der Waals surface area contributed by atoms with Gasteiger partial charge in [-0.25, -0.2) is 4.98 Å². The zero-order chi connectivity index (χ0) is 12.5. The zero-order valence-electron chi connectivity index (χ0n) is 11.1. The molecule has 0 radical (unpaired) electrons. The van der Waals surface area contributed by atoms with Gasteiger partial charge < -0.3 is 10.6 Å². The van der Waals surface area contributed by atoms with Crippen molar-refractivity contribution in [3.05, 3.63) is 17.8 Å². The lowest BCUT2D eigenvalue weighted by Crippen LogP contribution is -2.55. The molecule has 0 bridgehead atoms. The van der Waals surface area contributed by atoms with E-state index in [9.17, 15) is 0 Å². The molecule has 2 saturated heterocycles. The van der Waals surface area contributed by atoms with E-state index in [0.29, 0.717) is 0 Å². The standard InChI is InChI=1S/C14H22N4/c1-11-9-16-14(8-13(11)15)18-7-6-17-5-3-2-4-12(17)10-18/h8-9,12H,2-7,10H2,1H3,(H2,15,16). The van der Waals surface area contributed by atoms with Crippen molar-refractivity contribution in [1.29, 1.82) is 0 Å². The Bertz CT molecular complexity index is 432. The van der Waals surface area contributed by atoms with Gasteiger partial charge in [0.25, 0.3) is 0 Å². The summed E-state index contributed by atoms with van der Waals surface area (Å²) >= 11 is 0. The number of rotatable bonds is 1. The van der Waals surface area contributed by atoms with Gasteiger partial charge in [-0.05, 0) is 31.9 Å². The van der Waals surface area contributed by atoms with Crippen LogP contribution in [0.25, 0.3) is 0 Å². The van der Waals surface area contributed by atoms with Gasteiger partial charge in [-0.1, -0.05) is 6.42 Å². The van der Waals surface area contributed by atoms with Crippen molar-refractivity contribution >= 4 is 11.5 Å². The van der Waals surface area contributed by atoms with Gasteiger partial charge in [0.1, 0.15) is 5.82 Å². The average molecular weight is 246 g/mol. The van der Waals surface area contributed by atoms with Crippen LogP contribution in [0.15, 0.2) is 12.3 Å². The molecule has 2 aliphatic rings. The highest BCUT2D eigenvalue weighted by Crippen LogP contribution is 2.25. The molecule has 2 fully saturated rings. The Morgan fingerprint density at radius 3 is 3.00 bits per heavy atom. The fourth-order valence-electron chi connectivity index (χ4n) is 3.06. The molecule has 2 N–H and O–H groups in total. The van der Waals surface area contributed by atoms with E-state index in [4.69, 9.17) is 5.73 Å². The van der Waals surface area contributed by atoms with Crippen LogP contribution in [-0.4, -0.2) is 42.1 Å². The first kappa shape index (κ1) is 11.8. The first-order valence-corrected chi connectivity index (χ1v) is 6.95. The summed E-state index contributed by atoms with van der Waals surface area (Å²) in [5, 5.41) is 0. The van der Waals surface area contributed by atoms with E-state index in [1.165, 1.54) is 32.4 Å². The number of piperazine rings is 1. The van der Waals surface area contributed by atoms with Gasteiger partial charge in [0.05, 0.1) is 0 Å². The number of fused-ring (bicyclic) bond motifs is 1. The molecule has 0 spiro atoms. The molecule has 1 aromatic rings. The minimum Gasteiger partial charge on any atom is -0.398 e. The summed E-state index contributed by atoms with van der Waals surface area (Å²) in [7, 11) is 0. The third-order valence-electron chi connectivity index (χ3n) is 4.29. The Labute approximate surface area is 109 Å². The molecular formula is C14H22N4. The topological polar surface area (TPSA) is 45.4 Å². The Kier molecular flexibility index (Phi) is 3.12. The van der Waals surface area contributed by atoms with Crippen LogP contribution in [0.1, 0.15) is 24.8 Å². The van der Waals surface area contributed by atoms with Crippen molar-refractivity contribution in [1.82, 2.24) is 9.88 Å². The SMILES string of the molecule is Cc1cnc(N2CCN3CCCCC3C2)cc1N. The fourth-order valence-corrected chi connectivity index (χ4v) is 3.06. The van der Waals surface area contributed by atoms with Crippen LogP contribution in [0.5, 0.6) is 0 Å². The third-order valence-corrected chi connectivity index (χ3v) is 4.29. The summed E-state index contributed by atoms with van der Waals surface area (Å²) in [4.78, 5) is 9.56. The van der Waals surface area contributed by atoms with E-state index in [-0.39, 0.29) is 0 Å². The number of aromatic nitrogens is 1. The Hall–Kier alpha value is -1.29. The predicted molar refractivity (Wildman–Crippen MR) is 74.8 cm³/mol. The fraction of sp³-hybridized carbons (Fsp3) is 0.643. The molecule has 0 amide bonds. The van der Waals surface area contributed by atoms with Gasteiger partial charge in [0.15, 0.2) is 0 Å². The zero-order valence-corrected chi connectivity index (χ0v) is 11.1. The van der Waals surface area contributed by atoms with Gasteiger partial charge in [0.2, 0.25) is 0 Å². The highest BCUT2D eigenvalue weighted by atomic mass is 15.3. The number of aryl methyl sites for hydroxylation is 1. The number of nitrogens with zero attached hydrogens (tertiary/aromatic N) is 3. The second-order valence-corrected chi connectivity index (χ2v) is 5.53. The van der Waals surface area contributed by atoms with Crippen LogP contribution in [0.2, 0.25) is 0 Å². The minimum absolute atomic E-state index is 0.719. The lowest BCUT2D eigenvalue weighted by molar-refractivity contribution is 0.133. The van der Waals surface area contributed by atoms with Gasteiger partial charge in [-0.2, -0.15) is 0 Å². The van der Waals surface area contributed by atoms with Crippen molar-refractivity contribution in [2.75, 3.05) is 36.8 Å². The molecule has 1 aromatic heterocycles. The number of hydrogen-bond acceptors (Lipinski definition) is 4. The van der Waals surface area contributed by atoms with Crippen molar-refractivity contribution in [3.63, 3.8) is 0 Å². The predicted octanol–water partition coefficient (Wildman–Crippen LogP) is 1.65. The molecule has 4 heteroatoms. The smallest absolute Gasteiger partial charge is 0.130 e. The monoisotopic (exact) mass is 246 g/mol. The molecule has 0 aliphatic carbocycles. The summed E-state index contributed by atoms with van der Waals surface area (Å²) < 4.78 is 0. The summed E-state index contributed by atoms with van der Waals surface area (Å²) in [6, 6.07) is 2.74. The van der Waals surface area contributed by atoms with Gasteiger partial charge in [-0.15, -0.1) is 0 Å². The average Bonchev–Trinajstić information content (AvgIpc) is 2.41. The molecule has 0 saturated carbocycles. The summed E-state index contributed by atoms with van der Waals surface area (Å²) in [5.74, 6) is 1.04. The molecule has 0 aromatic carbocycles. The highest BCUT2D eigenvalue weighted by Gasteiger charge is 2.29. The first-order chi connectivity index (χ1) is 8.74.